The quantitative estimate of drug-likeness (QED) is 0.652. The smallest absolute Gasteiger partial charge is 0.151 e. The first kappa shape index (κ1) is 10.6. The van der Waals surface area contributed by atoms with Crippen LogP contribution in [0.5, 0.6) is 0 Å². The largest absolute Gasteiger partial charge is 0.501 e. The van der Waals surface area contributed by atoms with Gasteiger partial charge in [-0.2, -0.15) is 0 Å². The number of ether oxygens (including phenoxy) is 1. The van der Waals surface area contributed by atoms with Crippen molar-refractivity contribution in [1.82, 2.24) is 0 Å². The van der Waals surface area contributed by atoms with Crippen LogP contribution in [-0.2, 0) is 14.6 Å². The summed E-state index contributed by atoms with van der Waals surface area (Å²) in [5.41, 5.74) is -0.182. The number of hydrogen-bond donors (Lipinski definition) is 0. The highest BCUT2D eigenvalue weighted by Crippen LogP contribution is 2.31. The summed E-state index contributed by atoms with van der Waals surface area (Å²) in [5, 5.41) is 0. The summed E-state index contributed by atoms with van der Waals surface area (Å²) in [6.45, 7) is 4.32. The second-order valence-electron chi connectivity index (χ2n) is 3.93. The van der Waals surface area contributed by atoms with Gasteiger partial charge < -0.3 is 4.74 Å². The number of rotatable bonds is 3. The van der Waals surface area contributed by atoms with Crippen LogP contribution in [0.1, 0.15) is 20.3 Å². The highest BCUT2D eigenvalue weighted by atomic mass is 32.2. The van der Waals surface area contributed by atoms with E-state index < -0.39 is 9.84 Å². The second-order valence-corrected chi connectivity index (χ2v) is 6.12. The van der Waals surface area contributed by atoms with Crippen LogP contribution < -0.4 is 0 Å². The third kappa shape index (κ3) is 3.03. The molecule has 0 N–H and O–H groups in total. The molecule has 0 aromatic carbocycles. The zero-order chi connectivity index (χ0) is 9.95. The molecule has 0 radical (unpaired) electrons. The molecule has 0 aromatic rings. The predicted octanol–water partition coefficient (Wildman–Crippen LogP) is 1.36. The van der Waals surface area contributed by atoms with Gasteiger partial charge in [-0.15, -0.1) is 0 Å². The Bertz CT molecular complexity index is 292. The van der Waals surface area contributed by atoms with Crippen LogP contribution >= 0.6 is 0 Å². The SMILES string of the molecule is C/C=C/OCC1(C)CCS(=O)(=O)C1. The molecular weight excluding hydrogens is 188 g/mol. The minimum Gasteiger partial charge on any atom is -0.501 e. The van der Waals surface area contributed by atoms with Crippen LogP contribution in [0.2, 0.25) is 0 Å². The van der Waals surface area contributed by atoms with Crippen molar-refractivity contribution >= 4 is 9.84 Å². The molecule has 1 unspecified atom stereocenters. The van der Waals surface area contributed by atoms with Crippen LogP contribution in [0.15, 0.2) is 12.3 Å². The van der Waals surface area contributed by atoms with Crippen molar-refractivity contribution in [2.24, 2.45) is 5.41 Å². The van der Waals surface area contributed by atoms with Gasteiger partial charge in [-0.1, -0.05) is 13.0 Å². The van der Waals surface area contributed by atoms with Crippen molar-refractivity contribution in [3.8, 4) is 0 Å². The van der Waals surface area contributed by atoms with E-state index >= 15 is 0 Å². The normalized spacial score (nSPS) is 32.5. The van der Waals surface area contributed by atoms with Crippen LogP contribution in [0, 0.1) is 5.41 Å². The van der Waals surface area contributed by atoms with Gasteiger partial charge in [-0.05, 0) is 13.3 Å². The Morgan fingerprint density at radius 1 is 1.54 bits per heavy atom. The molecule has 1 heterocycles. The fourth-order valence-electron chi connectivity index (χ4n) is 1.54. The van der Waals surface area contributed by atoms with Gasteiger partial charge in [-0.3, -0.25) is 0 Å². The fourth-order valence-corrected chi connectivity index (χ4v) is 3.77. The molecule has 0 aromatic heterocycles. The first-order valence-electron chi connectivity index (χ1n) is 4.41. The standard InChI is InChI=1S/C9H16O3S/c1-3-5-12-7-9(2)4-6-13(10,11)8-9/h3,5H,4,6-8H2,1-2H3/b5-3+. The highest BCUT2D eigenvalue weighted by molar-refractivity contribution is 7.91. The molecule has 13 heavy (non-hydrogen) atoms. The third-order valence-corrected chi connectivity index (χ3v) is 4.21. The van der Waals surface area contributed by atoms with E-state index in [9.17, 15) is 8.42 Å². The van der Waals surface area contributed by atoms with Crippen molar-refractivity contribution < 1.29 is 13.2 Å². The lowest BCUT2D eigenvalue weighted by Gasteiger charge is -2.20. The lowest BCUT2D eigenvalue weighted by Crippen LogP contribution is -2.23. The van der Waals surface area contributed by atoms with Crippen LogP contribution in [0.3, 0.4) is 0 Å². The van der Waals surface area contributed by atoms with E-state index in [1.165, 1.54) is 0 Å². The molecule has 1 saturated heterocycles. The third-order valence-electron chi connectivity index (χ3n) is 2.25. The number of allylic oxidation sites excluding steroid dienone is 1. The Hall–Kier alpha value is -0.510. The van der Waals surface area contributed by atoms with E-state index in [1.54, 1.807) is 12.3 Å². The van der Waals surface area contributed by atoms with Gasteiger partial charge in [0.2, 0.25) is 0 Å². The van der Waals surface area contributed by atoms with Gasteiger partial charge in [0.05, 0.1) is 24.4 Å². The average molecular weight is 204 g/mol. The summed E-state index contributed by atoms with van der Waals surface area (Å²) in [6, 6.07) is 0. The van der Waals surface area contributed by atoms with Crippen LogP contribution in [0.25, 0.3) is 0 Å². The first-order valence-corrected chi connectivity index (χ1v) is 6.23. The van der Waals surface area contributed by atoms with Gasteiger partial charge in [0, 0.05) is 5.41 Å². The van der Waals surface area contributed by atoms with Gasteiger partial charge in [0.15, 0.2) is 9.84 Å². The maximum absolute atomic E-state index is 11.2. The monoisotopic (exact) mass is 204 g/mol. The Morgan fingerprint density at radius 3 is 2.69 bits per heavy atom. The van der Waals surface area contributed by atoms with Gasteiger partial charge in [0.25, 0.3) is 0 Å². The van der Waals surface area contributed by atoms with E-state index in [0.29, 0.717) is 18.8 Å². The molecule has 1 fully saturated rings. The number of sulfone groups is 1. The Balaban J connectivity index is 2.50. The van der Waals surface area contributed by atoms with Gasteiger partial charge in [-0.25, -0.2) is 8.42 Å². The molecule has 4 heteroatoms. The van der Waals surface area contributed by atoms with Crippen LogP contribution in [-0.4, -0.2) is 26.5 Å². The topological polar surface area (TPSA) is 43.4 Å². The Morgan fingerprint density at radius 2 is 2.23 bits per heavy atom. The summed E-state index contributed by atoms with van der Waals surface area (Å²) in [5.74, 6) is 0.570. The van der Waals surface area contributed by atoms with Crippen molar-refractivity contribution in [1.29, 1.82) is 0 Å². The molecule has 0 saturated carbocycles. The molecule has 1 aliphatic rings. The van der Waals surface area contributed by atoms with Crippen molar-refractivity contribution in [3.63, 3.8) is 0 Å². The molecule has 1 rings (SSSR count). The molecule has 1 atom stereocenters. The average Bonchev–Trinajstić information content (AvgIpc) is 2.27. The van der Waals surface area contributed by atoms with Crippen molar-refractivity contribution in [2.75, 3.05) is 18.1 Å². The van der Waals surface area contributed by atoms with Crippen molar-refractivity contribution in [2.45, 2.75) is 20.3 Å². The lowest BCUT2D eigenvalue weighted by molar-refractivity contribution is 0.142. The molecular formula is C9H16O3S. The zero-order valence-corrected chi connectivity index (χ0v) is 8.93. The van der Waals surface area contributed by atoms with Crippen LogP contribution in [0.4, 0.5) is 0 Å². The molecule has 76 valence electrons. The maximum atomic E-state index is 11.2. The summed E-state index contributed by atoms with van der Waals surface area (Å²) in [6.07, 6.45) is 4.12. The van der Waals surface area contributed by atoms with E-state index in [0.717, 1.165) is 0 Å². The first-order chi connectivity index (χ1) is 5.97. The van der Waals surface area contributed by atoms with E-state index in [2.05, 4.69) is 0 Å². The maximum Gasteiger partial charge on any atom is 0.151 e. The molecule has 3 nitrogen and oxygen atoms in total. The minimum atomic E-state index is -2.80. The predicted molar refractivity (Wildman–Crippen MR) is 52.1 cm³/mol. The van der Waals surface area contributed by atoms with E-state index in [1.807, 2.05) is 13.8 Å². The summed E-state index contributed by atoms with van der Waals surface area (Å²) in [4.78, 5) is 0. The van der Waals surface area contributed by atoms with E-state index in [4.69, 9.17) is 4.74 Å². The molecule has 1 aliphatic heterocycles. The van der Waals surface area contributed by atoms with Crippen molar-refractivity contribution in [3.05, 3.63) is 12.3 Å². The van der Waals surface area contributed by atoms with E-state index in [-0.39, 0.29) is 11.2 Å². The minimum absolute atomic E-state index is 0.182. The fraction of sp³-hybridized carbons (Fsp3) is 0.778. The van der Waals surface area contributed by atoms with Gasteiger partial charge in [0.1, 0.15) is 0 Å². The molecule has 0 bridgehead atoms. The summed E-state index contributed by atoms with van der Waals surface area (Å²) >= 11 is 0. The Labute approximate surface area is 79.7 Å². The lowest BCUT2D eigenvalue weighted by atomic mass is 9.92. The molecule has 0 amide bonds. The highest BCUT2D eigenvalue weighted by Gasteiger charge is 2.38. The molecule has 0 spiro atoms. The zero-order valence-electron chi connectivity index (χ0n) is 8.12. The second kappa shape index (κ2) is 3.70. The Kier molecular flexibility index (Phi) is 3.01. The molecule has 0 aliphatic carbocycles. The number of hydrogen-bond acceptors (Lipinski definition) is 3. The summed E-state index contributed by atoms with van der Waals surface area (Å²) in [7, 11) is -2.80. The summed E-state index contributed by atoms with van der Waals surface area (Å²) < 4.78 is 27.6. The van der Waals surface area contributed by atoms with Gasteiger partial charge >= 0.3 is 0 Å².